The molecule has 1 aromatic rings. The first kappa shape index (κ1) is 23.7. The first-order valence-electron chi connectivity index (χ1n) is 10.4. The van der Waals surface area contributed by atoms with Crippen molar-refractivity contribution in [3.63, 3.8) is 0 Å². The lowest BCUT2D eigenvalue weighted by molar-refractivity contribution is -0.192. The molecule has 3 aliphatic heterocycles. The number of rotatable bonds is 4. The number of carboxylic acid groups (broad SMARTS) is 1. The summed E-state index contributed by atoms with van der Waals surface area (Å²) in [6, 6.07) is 4.05. The smallest absolute Gasteiger partial charge is 0.475 e. The minimum atomic E-state index is -5.08. The van der Waals surface area contributed by atoms with E-state index < -0.39 is 12.1 Å². The lowest BCUT2D eigenvalue weighted by Gasteiger charge is -2.53. The van der Waals surface area contributed by atoms with Gasteiger partial charge in [0.1, 0.15) is 5.60 Å². The Morgan fingerprint density at radius 1 is 1.23 bits per heavy atom. The van der Waals surface area contributed by atoms with E-state index in [0.717, 1.165) is 76.7 Å². The van der Waals surface area contributed by atoms with Gasteiger partial charge in [0, 0.05) is 32.8 Å². The zero-order valence-electron chi connectivity index (χ0n) is 17.4. The van der Waals surface area contributed by atoms with Gasteiger partial charge in [-0.05, 0) is 44.2 Å². The summed E-state index contributed by atoms with van der Waals surface area (Å²) in [5.41, 5.74) is 0.898. The third-order valence-corrected chi connectivity index (χ3v) is 5.66. The number of aryl methyl sites for hydroxylation is 1. The third-order valence-electron chi connectivity index (χ3n) is 5.66. The molecule has 0 aromatic carbocycles. The van der Waals surface area contributed by atoms with Gasteiger partial charge >= 0.3 is 12.1 Å². The average Bonchev–Trinajstić information content (AvgIpc) is 2.72. The van der Waals surface area contributed by atoms with Crippen LogP contribution in [0.25, 0.3) is 0 Å². The van der Waals surface area contributed by atoms with Crippen molar-refractivity contribution in [2.24, 2.45) is 5.92 Å². The minimum absolute atomic E-state index is 0.0504. The van der Waals surface area contributed by atoms with Crippen molar-refractivity contribution in [3.05, 3.63) is 17.8 Å². The van der Waals surface area contributed by atoms with Crippen molar-refractivity contribution in [2.75, 3.05) is 44.4 Å². The van der Waals surface area contributed by atoms with Crippen LogP contribution in [0.15, 0.2) is 12.1 Å². The van der Waals surface area contributed by atoms with Gasteiger partial charge in [-0.2, -0.15) is 18.3 Å². The summed E-state index contributed by atoms with van der Waals surface area (Å²) >= 11 is 0. The van der Waals surface area contributed by atoms with E-state index >= 15 is 0 Å². The zero-order chi connectivity index (χ0) is 22.5. The molecule has 0 saturated carbocycles. The van der Waals surface area contributed by atoms with Crippen molar-refractivity contribution in [3.8, 4) is 0 Å². The summed E-state index contributed by atoms with van der Waals surface area (Å²) in [4.78, 5) is 11.1. The normalized spacial score (nSPS) is 23.6. The molecule has 4 rings (SSSR count). The van der Waals surface area contributed by atoms with Gasteiger partial charge in [-0.3, -0.25) is 0 Å². The highest BCUT2D eigenvalue weighted by Gasteiger charge is 2.48. The van der Waals surface area contributed by atoms with E-state index in [1.807, 2.05) is 19.1 Å². The van der Waals surface area contributed by atoms with Crippen LogP contribution in [0.4, 0.5) is 19.0 Å². The molecule has 1 spiro atoms. The largest absolute Gasteiger partial charge is 0.490 e. The van der Waals surface area contributed by atoms with Crippen molar-refractivity contribution in [1.29, 1.82) is 0 Å². The lowest BCUT2D eigenvalue weighted by Crippen LogP contribution is -2.66. The Hall–Kier alpha value is -1.98. The first-order valence-corrected chi connectivity index (χ1v) is 10.4. The molecule has 3 saturated heterocycles. The summed E-state index contributed by atoms with van der Waals surface area (Å²) in [6.07, 6.45) is -0.489. The molecule has 3 fully saturated rings. The number of ether oxygens (including phenoxy) is 3. The number of anilines is 1. The Balaban J connectivity index is 0.000000339. The van der Waals surface area contributed by atoms with Gasteiger partial charge in [0.25, 0.3) is 0 Å². The van der Waals surface area contributed by atoms with E-state index in [4.69, 9.17) is 24.1 Å². The van der Waals surface area contributed by atoms with E-state index in [9.17, 15) is 13.2 Å². The molecule has 0 radical (unpaired) electrons. The molecule has 3 aliphatic rings. The van der Waals surface area contributed by atoms with Gasteiger partial charge in [-0.15, -0.1) is 5.10 Å². The molecule has 1 aromatic heterocycles. The second kappa shape index (κ2) is 10.1. The van der Waals surface area contributed by atoms with E-state index in [0.29, 0.717) is 12.0 Å². The van der Waals surface area contributed by atoms with Crippen LogP contribution in [-0.4, -0.2) is 78.7 Å². The quantitative estimate of drug-likeness (QED) is 0.753. The number of halogens is 3. The second-order valence-corrected chi connectivity index (χ2v) is 8.23. The number of aliphatic carboxylic acids is 1. The van der Waals surface area contributed by atoms with Crippen molar-refractivity contribution in [2.45, 2.75) is 50.5 Å². The maximum Gasteiger partial charge on any atom is 0.490 e. The van der Waals surface area contributed by atoms with Crippen molar-refractivity contribution < 1.29 is 37.3 Å². The summed E-state index contributed by atoms with van der Waals surface area (Å²) in [5, 5.41) is 15.5. The number of nitrogens with zero attached hydrogens (tertiary/aromatic N) is 3. The maximum absolute atomic E-state index is 10.6. The molecule has 4 heterocycles. The Kier molecular flexibility index (Phi) is 7.71. The van der Waals surface area contributed by atoms with Crippen LogP contribution in [-0.2, 0) is 19.0 Å². The minimum Gasteiger partial charge on any atom is -0.475 e. The predicted octanol–water partition coefficient (Wildman–Crippen LogP) is 2.60. The molecule has 1 atom stereocenters. The predicted molar refractivity (Wildman–Crippen MR) is 104 cm³/mol. The highest BCUT2D eigenvalue weighted by Crippen LogP contribution is 2.37. The van der Waals surface area contributed by atoms with Crippen molar-refractivity contribution >= 4 is 11.8 Å². The molecule has 31 heavy (non-hydrogen) atoms. The van der Waals surface area contributed by atoms with E-state index in [-0.39, 0.29) is 5.60 Å². The summed E-state index contributed by atoms with van der Waals surface area (Å²) < 4.78 is 49.5. The number of carboxylic acids is 1. The standard InChI is InChI=1S/C18H27N3O3.C2HF3O2/c1-14-2-3-17(20-19-14)21-12-18(13-21)10-16(6-9-24-18)23-11-15-4-7-22-8-5-15;3-2(4,5)1(6)7/h2-3,15-16H,4-13H2,1H3;(H,6,7). The third kappa shape index (κ3) is 6.75. The monoisotopic (exact) mass is 447 g/mol. The number of alkyl halides is 3. The van der Waals surface area contributed by atoms with Crippen molar-refractivity contribution in [1.82, 2.24) is 10.2 Å². The SMILES string of the molecule is Cc1ccc(N2CC3(CC(OCC4CCOCC4)CCO3)C2)nn1.O=C(O)C(F)(F)F. The average molecular weight is 447 g/mol. The molecule has 174 valence electrons. The summed E-state index contributed by atoms with van der Waals surface area (Å²) in [7, 11) is 0. The van der Waals surface area contributed by atoms with E-state index in [2.05, 4.69) is 15.1 Å². The molecule has 0 aliphatic carbocycles. The van der Waals surface area contributed by atoms with Crippen LogP contribution in [0.1, 0.15) is 31.4 Å². The van der Waals surface area contributed by atoms with Gasteiger partial charge in [-0.1, -0.05) is 0 Å². The van der Waals surface area contributed by atoms with Crippen LogP contribution >= 0.6 is 0 Å². The van der Waals surface area contributed by atoms with Crippen LogP contribution in [0.5, 0.6) is 0 Å². The lowest BCUT2D eigenvalue weighted by atomic mass is 9.84. The number of hydrogen-bond acceptors (Lipinski definition) is 7. The Labute approximate surface area is 178 Å². The zero-order valence-corrected chi connectivity index (χ0v) is 17.4. The topological polar surface area (TPSA) is 94.0 Å². The summed E-state index contributed by atoms with van der Waals surface area (Å²) in [5.74, 6) is -1.15. The molecule has 11 heteroatoms. The fourth-order valence-electron chi connectivity index (χ4n) is 3.90. The van der Waals surface area contributed by atoms with Crippen LogP contribution in [0.3, 0.4) is 0 Å². The van der Waals surface area contributed by atoms with Crippen LogP contribution in [0, 0.1) is 12.8 Å². The van der Waals surface area contributed by atoms with Gasteiger partial charge < -0.3 is 24.2 Å². The molecule has 1 N–H and O–H groups in total. The fourth-order valence-corrected chi connectivity index (χ4v) is 3.90. The first-order chi connectivity index (χ1) is 14.7. The molecule has 0 bridgehead atoms. The van der Waals surface area contributed by atoms with E-state index in [1.165, 1.54) is 0 Å². The Morgan fingerprint density at radius 3 is 2.48 bits per heavy atom. The van der Waals surface area contributed by atoms with Gasteiger partial charge in [0.15, 0.2) is 5.82 Å². The summed E-state index contributed by atoms with van der Waals surface area (Å²) in [6.45, 7) is 7.18. The van der Waals surface area contributed by atoms with Crippen LogP contribution < -0.4 is 4.90 Å². The molecule has 0 amide bonds. The second-order valence-electron chi connectivity index (χ2n) is 8.23. The maximum atomic E-state index is 10.6. The number of aromatic nitrogens is 2. The molecule has 1 unspecified atom stereocenters. The van der Waals surface area contributed by atoms with Gasteiger partial charge in [-0.25, -0.2) is 4.79 Å². The van der Waals surface area contributed by atoms with Crippen LogP contribution in [0.2, 0.25) is 0 Å². The van der Waals surface area contributed by atoms with Gasteiger partial charge in [0.2, 0.25) is 0 Å². The number of hydrogen-bond donors (Lipinski definition) is 1. The Bertz CT molecular complexity index is 720. The number of carbonyl (C=O) groups is 1. The molecule has 8 nitrogen and oxygen atoms in total. The highest BCUT2D eigenvalue weighted by atomic mass is 19.4. The Morgan fingerprint density at radius 2 is 1.90 bits per heavy atom. The molecular formula is C20H28F3N3O5. The molecular weight excluding hydrogens is 419 g/mol. The van der Waals surface area contributed by atoms with Gasteiger partial charge in [0.05, 0.1) is 24.9 Å². The van der Waals surface area contributed by atoms with E-state index in [1.54, 1.807) is 0 Å². The fraction of sp³-hybridized carbons (Fsp3) is 0.750. The highest BCUT2D eigenvalue weighted by molar-refractivity contribution is 5.73.